The number of carbonyl (C=O) groups is 2. The molecule has 2 aromatic heterocycles. The molecule has 8 heteroatoms. The molecule has 0 spiro atoms. The lowest BCUT2D eigenvalue weighted by Crippen LogP contribution is -2.23. The Labute approximate surface area is 230 Å². The van der Waals surface area contributed by atoms with Crippen molar-refractivity contribution in [3.05, 3.63) is 81.3 Å². The molecule has 1 aliphatic carbocycles. The number of thioether (sulfide) groups is 1. The van der Waals surface area contributed by atoms with Gasteiger partial charge in [0.15, 0.2) is 0 Å². The van der Waals surface area contributed by atoms with Crippen molar-refractivity contribution in [3.8, 4) is 0 Å². The topological polar surface area (TPSA) is 60.3 Å². The number of esters is 1. The van der Waals surface area contributed by atoms with Gasteiger partial charge >= 0.3 is 5.97 Å². The summed E-state index contributed by atoms with van der Waals surface area (Å²) in [6.07, 6.45) is 6.07. The van der Waals surface area contributed by atoms with Crippen molar-refractivity contribution in [2.75, 3.05) is 11.9 Å². The normalized spacial score (nSPS) is 13.8. The first-order valence-electron chi connectivity index (χ1n) is 12.6. The standard InChI is InChI=1S/C29H29ClN2O3S2/c1-3-35-29(34)26-22-9-5-7-11-24(22)37-28(26)31-27(33)18(2)36-25-17-32(23-10-6-4-8-21(23)25)16-19-12-14-20(30)15-13-19/h4,6,8,10,12-15,17-18H,3,5,7,9,11,16H2,1-2H3,(H,31,33). The molecule has 192 valence electrons. The van der Waals surface area contributed by atoms with Gasteiger partial charge in [0.1, 0.15) is 5.00 Å². The first-order valence-corrected chi connectivity index (χ1v) is 14.6. The molecule has 0 radical (unpaired) electrons. The van der Waals surface area contributed by atoms with Crippen molar-refractivity contribution in [1.29, 1.82) is 0 Å². The quantitative estimate of drug-likeness (QED) is 0.181. The lowest BCUT2D eigenvalue weighted by Gasteiger charge is -2.13. The van der Waals surface area contributed by atoms with E-state index in [-0.39, 0.29) is 17.1 Å². The molecule has 37 heavy (non-hydrogen) atoms. The van der Waals surface area contributed by atoms with E-state index in [0.717, 1.165) is 57.6 Å². The Morgan fingerprint density at radius 2 is 1.89 bits per heavy atom. The van der Waals surface area contributed by atoms with Crippen molar-refractivity contribution < 1.29 is 14.3 Å². The summed E-state index contributed by atoms with van der Waals surface area (Å²) in [7, 11) is 0. The van der Waals surface area contributed by atoms with Crippen LogP contribution in [0.1, 0.15) is 53.1 Å². The molecule has 1 N–H and O–H groups in total. The number of para-hydroxylation sites is 1. The highest BCUT2D eigenvalue weighted by atomic mass is 35.5. The average Bonchev–Trinajstić information content (AvgIpc) is 3.43. The van der Waals surface area contributed by atoms with E-state index in [1.165, 1.54) is 28.0 Å². The largest absolute Gasteiger partial charge is 0.462 e. The minimum atomic E-state index is -0.357. The third kappa shape index (κ3) is 5.59. The number of carbonyl (C=O) groups excluding carboxylic acids is 2. The second kappa shape index (κ2) is 11.3. The van der Waals surface area contributed by atoms with Crippen LogP contribution in [0.5, 0.6) is 0 Å². The van der Waals surface area contributed by atoms with Crippen molar-refractivity contribution in [2.45, 2.75) is 56.2 Å². The predicted molar refractivity (Wildman–Crippen MR) is 153 cm³/mol. The number of nitrogens with zero attached hydrogens (tertiary/aromatic N) is 1. The summed E-state index contributed by atoms with van der Waals surface area (Å²) in [6.45, 7) is 4.73. The minimum absolute atomic E-state index is 0.122. The van der Waals surface area contributed by atoms with Gasteiger partial charge in [-0.15, -0.1) is 23.1 Å². The Morgan fingerprint density at radius 3 is 2.68 bits per heavy atom. The van der Waals surface area contributed by atoms with Crippen LogP contribution in [0.25, 0.3) is 10.9 Å². The van der Waals surface area contributed by atoms with Gasteiger partial charge in [-0.2, -0.15) is 0 Å². The molecular weight excluding hydrogens is 524 g/mol. The number of benzene rings is 2. The molecule has 0 aliphatic heterocycles. The first-order chi connectivity index (χ1) is 17.9. The summed E-state index contributed by atoms with van der Waals surface area (Å²) < 4.78 is 7.54. The molecule has 0 saturated heterocycles. The van der Waals surface area contributed by atoms with E-state index in [1.807, 2.05) is 43.3 Å². The van der Waals surface area contributed by atoms with E-state index < -0.39 is 0 Å². The lowest BCUT2D eigenvalue weighted by atomic mass is 9.95. The summed E-state index contributed by atoms with van der Waals surface area (Å²) in [6, 6.07) is 16.1. The summed E-state index contributed by atoms with van der Waals surface area (Å²) in [5.41, 5.74) is 3.87. The van der Waals surface area contributed by atoms with Crippen LogP contribution in [0.3, 0.4) is 0 Å². The van der Waals surface area contributed by atoms with Crippen LogP contribution in [0.15, 0.2) is 59.6 Å². The van der Waals surface area contributed by atoms with Gasteiger partial charge in [0.05, 0.1) is 17.4 Å². The van der Waals surface area contributed by atoms with Crippen LogP contribution in [-0.2, 0) is 28.9 Å². The van der Waals surface area contributed by atoms with Crippen molar-refractivity contribution in [2.24, 2.45) is 0 Å². The van der Waals surface area contributed by atoms with Gasteiger partial charge < -0.3 is 14.6 Å². The van der Waals surface area contributed by atoms with Gasteiger partial charge in [-0.1, -0.05) is 41.9 Å². The molecule has 1 unspecified atom stereocenters. The molecule has 1 amide bonds. The SMILES string of the molecule is CCOC(=O)c1c(NC(=O)C(C)Sc2cn(Cc3ccc(Cl)cc3)c3ccccc23)sc2c1CCCC2. The molecule has 5 nitrogen and oxygen atoms in total. The Hall–Kier alpha value is -2.74. The molecule has 5 rings (SSSR count). The molecule has 0 saturated carbocycles. The highest BCUT2D eigenvalue weighted by molar-refractivity contribution is 8.00. The monoisotopic (exact) mass is 552 g/mol. The third-order valence-corrected chi connectivity index (χ3v) is 9.18. The summed E-state index contributed by atoms with van der Waals surface area (Å²) in [5, 5.41) is 5.16. The fourth-order valence-corrected chi connectivity index (χ4v) is 7.20. The first kappa shape index (κ1) is 25.9. The number of fused-ring (bicyclic) bond motifs is 2. The number of hydrogen-bond donors (Lipinski definition) is 1. The third-order valence-electron chi connectivity index (χ3n) is 6.58. The molecule has 0 bridgehead atoms. The highest BCUT2D eigenvalue weighted by Gasteiger charge is 2.28. The predicted octanol–water partition coefficient (Wildman–Crippen LogP) is 7.58. The van der Waals surface area contributed by atoms with E-state index >= 15 is 0 Å². The van der Waals surface area contributed by atoms with Crippen LogP contribution >= 0.6 is 34.7 Å². The van der Waals surface area contributed by atoms with Crippen LogP contribution in [0.2, 0.25) is 5.02 Å². The maximum atomic E-state index is 13.3. The molecular formula is C29H29ClN2O3S2. The van der Waals surface area contributed by atoms with Crippen LogP contribution in [0.4, 0.5) is 5.00 Å². The zero-order valence-electron chi connectivity index (χ0n) is 20.9. The Kier molecular flexibility index (Phi) is 7.93. The smallest absolute Gasteiger partial charge is 0.341 e. The second-order valence-electron chi connectivity index (χ2n) is 9.15. The number of thiophene rings is 1. The fraction of sp³-hybridized carbons (Fsp3) is 0.310. The van der Waals surface area contributed by atoms with Crippen LogP contribution < -0.4 is 5.32 Å². The number of ether oxygens (including phenoxy) is 1. The van der Waals surface area contributed by atoms with Crippen LogP contribution in [-0.4, -0.2) is 28.3 Å². The lowest BCUT2D eigenvalue weighted by molar-refractivity contribution is -0.115. The van der Waals surface area contributed by atoms with Crippen molar-refractivity contribution in [3.63, 3.8) is 0 Å². The number of aryl methyl sites for hydroxylation is 1. The van der Waals surface area contributed by atoms with Gasteiger partial charge in [-0.3, -0.25) is 4.79 Å². The van der Waals surface area contributed by atoms with E-state index in [0.29, 0.717) is 23.7 Å². The molecule has 2 heterocycles. The van der Waals surface area contributed by atoms with Gasteiger partial charge in [0.25, 0.3) is 0 Å². The second-order valence-corrected chi connectivity index (χ2v) is 12.1. The molecule has 0 fully saturated rings. The molecule has 4 aromatic rings. The van der Waals surface area contributed by atoms with E-state index in [2.05, 4.69) is 28.2 Å². The van der Waals surface area contributed by atoms with E-state index in [9.17, 15) is 9.59 Å². The number of nitrogens with one attached hydrogen (secondary N) is 1. The van der Waals surface area contributed by atoms with Crippen molar-refractivity contribution >= 4 is 62.5 Å². The average molecular weight is 553 g/mol. The van der Waals surface area contributed by atoms with Gasteiger partial charge in [0, 0.05) is 38.4 Å². The van der Waals surface area contributed by atoms with Crippen molar-refractivity contribution in [1.82, 2.24) is 4.57 Å². The maximum absolute atomic E-state index is 13.3. The number of hydrogen-bond acceptors (Lipinski definition) is 5. The zero-order chi connectivity index (χ0) is 25.9. The zero-order valence-corrected chi connectivity index (χ0v) is 23.3. The van der Waals surface area contributed by atoms with E-state index in [1.54, 1.807) is 6.92 Å². The highest BCUT2D eigenvalue weighted by Crippen LogP contribution is 2.39. The van der Waals surface area contributed by atoms with Gasteiger partial charge in [-0.05, 0) is 68.9 Å². The fourth-order valence-electron chi connectivity index (χ4n) is 4.75. The summed E-state index contributed by atoms with van der Waals surface area (Å²) in [5.74, 6) is -0.466. The minimum Gasteiger partial charge on any atom is -0.462 e. The summed E-state index contributed by atoms with van der Waals surface area (Å²) in [4.78, 5) is 28.3. The van der Waals surface area contributed by atoms with E-state index in [4.69, 9.17) is 16.3 Å². The summed E-state index contributed by atoms with van der Waals surface area (Å²) >= 11 is 9.11. The Morgan fingerprint density at radius 1 is 1.14 bits per heavy atom. The number of halogens is 1. The maximum Gasteiger partial charge on any atom is 0.341 e. The number of aromatic nitrogens is 1. The number of rotatable bonds is 8. The van der Waals surface area contributed by atoms with Gasteiger partial charge in [-0.25, -0.2) is 4.79 Å². The molecule has 2 aromatic carbocycles. The molecule has 1 aliphatic rings. The van der Waals surface area contributed by atoms with Gasteiger partial charge in [0.2, 0.25) is 5.91 Å². The number of anilines is 1. The Balaban J connectivity index is 1.37. The number of amides is 1. The molecule has 1 atom stereocenters. The van der Waals surface area contributed by atoms with Crippen LogP contribution in [0, 0.1) is 0 Å². The Bertz CT molecular complexity index is 1440.